The first kappa shape index (κ1) is 25.3. The summed E-state index contributed by atoms with van der Waals surface area (Å²) in [4.78, 5) is 58.4. The molecule has 3 unspecified atom stereocenters. The molecule has 0 heterocycles. The molecule has 1 saturated carbocycles. The normalized spacial score (nSPS) is 30.6. The first-order chi connectivity index (χ1) is 13.8. The van der Waals surface area contributed by atoms with E-state index in [4.69, 9.17) is 23.7 Å². The fourth-order valence-corrected chi connectivity index (χ4v) is 3.36. The second kappa shape index (κ2) is 10.3. The number of hydrogen-bond acceptors (Lipinski definition) is 11. The highest BCUT2D eigenvalue weighted by Crippen LogP contribution is 2.41. The van der Waals surface area contributed by atoms with Gasteiger partial charge in [-0.2, -0.15) is 0 Å². The summed E-state index contributed by atoms with van der Waals surface area (Å²) in [6, 6.07) is 0. The topological polar surface area (TPSA) is 152 Å². The van der Waals surface area contributed by atoms with Crippen molar-refractivity contribution in [3.8, 4) is 0 Å². The third-order valence-corrected chi connectivity index (χ3v) is 4.22. The molecule has 1 fully saturated rings. The molecule has 0 radical (unpaired) electrons. The Balaban J connectivity index is 3.74. The van der Waals surface area contributed by atoms with E-state index in [-0.39, 0.29) is 0 Å². The third-order valence-electron chi connectivity index (χ3n) is 4.22. The molecule has 0 aliphatic heterocycles. The first-order valence-electron chi connectivity index (χ1n) is 8.97. The number of halogens is 1. The largest absolute Gasteiger partial charge is 0.455 e. The van der Waals surface area contributed by atoms with Gasteiger partial charge in [0.15, 0.2) is 30.5 Å². The SMILES string of the molecule is CC(=O)OC1C(OC(C)=O)[C@](O)(CCF)[C@@H](OC(C)=O)C(OC(C)=O)[C@H]1OC(C)=O. The van der Waals surface area contributed by atoms with Gasteiger partial charge in [0.25, 0.3) is 0 Å². The maximum absolute atomic E-state index is 13.4. The maximum atomic E-state index is 13.4. The molecule has 1 aliphatic carbocycles. The molecule has 170 valence electrons. The average Bonchev–Trinajstić information content (AvgIpc) is 2.57. The number of carbonyl (C=O) groups is 5. The Morgan fingerprint density at radius 1 is 0.667 bits per heavy atom. The van der Waals surface area contributed by atoms with Crippen molar-refractivity contribution in [2.75, 3.05) is 6.67 Å². The summed E-state index contributed by atoms with van der Waals surface area (Å²) < 4.78 is 38.9. The smallest absolute Gasteiger partial charge is 0.303 e. The van der Waals surface area contributed by atoms with Gasteiger partial charge in [-0.15, -0.1) is 0 Å². The predicted octanol–water partition coefficient (Wildman–Crippen LogP) is -0.251. The lowest BCUT2D eigenvalue weighted by Gasteiger charge is -2.51. The van der Waals surface area contributed by atoms with Crippen molar-refractivity contribution >= 4 is 29.8 Å². The molecule has 0 amide bonds. The molecule has 0 aromatic rings. The number of aliphatic hydroxyl groups is 1. The van der Waals surface area contributed by atoms with E-state index in [1.54, 1.807) is 0 Å². The van der Waals surface area contributed by atoms with Crippen LogP contribution in [0.3, 0.4) is 0 Å². The summed E-state index contributed by atoms with van der Waals surface area (Å²) in [6.45, 7) is 3.75. The minimum absolute atomic E-state index is 0.759. The van der Waals surface area contributed by atoms with Gasteiger partial charge in [0.2, 0.25) is 0 Å². The molecule has 6 atom stereocenters. The van der Waals surface area contributed by atoms with Crippen LogP contribution in [0, 0.1) is 0 Å². The molecule has 30 heavy (non-hydrogen) atoms. The number of rotatable bonds is 7. The van der Waals surface area contributed by atoms with Crippen LogP contribution in [0.4, 0.5) is 4.39 Å². The second-order valence-electron chi connectivity index (χ2n) is 6.71. The molecule has 0 bridgehead atoms. The zero-order chi connectivity index (χ0) is 23.2. The maximum Gasteiger partial charge on any atom is 0.303 e. The van der Waals surface area contributed by atoms with E-state index in [0.717, 1.165) is 34.6 Å². The molecule has 0 spiro atoms. The van der Waals surface area contributed by atoms with E-state index in [0.29, 0.717) is 0 Å². The van der Waals surface area contributed by atoms with Gasteiger partial charge in [0.05, 0.1) is 6.67 Å². The van der Waals surface area contributed by atoms with Crippen LogP contribution >= 0.6 is 0 Å². The molecular formula is C18H25FO11. The minimum Gasteiger partial charge on any atom is -0.455 e. The van der Waals surface area contributed by atoms with Crippen molar-refractivity contribution in [1.82, 2.24) is 0 Å². The second-order valence-corrected chi connectivity index (χ2v) is 6.71. The van der Waals surface area contributed by atoms with E-state index in [2.05, 4.69) is 0 Å². The fraction of sp³-hybridized carbons (Fsp3) is 0.722. The van der Waals surface area contributed by atoms with E-state index < -0.39 is 79.1 Å². The lowest BCUT2D eigenvalue weighted by Crippen LogP contribution is -2.74. The van der Waals surface area contributed by atoms with Crippen LogP contribution in [0.2, 0.25) is 0 Å². The van der Waals surface area contributed by atoms with E-state index in [1.807, 2.05) is 0 Å². The molecule has 1 N–H and O–H groups in total. The highest BCUT2D eigenvalue weighted by Gasteiger charge is 2.66. The van der Waals surface area contributed by atoms with Crippen LogP contribution in [0.5, 0.6) is 0 Å². The predicted molar refractivity (Wildman–Crippen MR) is 93.3 cm³/mol. The van der Waals surface area contributed by atoms with Gasteiger partial charge < -0.3 is 28.8 Å². The molecule has 11 nitrogen and oxygen atoms in total. The van der Waals surface area contributed by atoms with Crippen molar-refractivity contribution in [2.24, 2.45) is 0 Å². The van der Waals surface area contributed by atoms with Gasteiger partial charge in [-0.25, -0.2) is 0 Å². The lowest BCUT2D eigenvalue weighted by molar-refractivity contribution is -0.287. The standard InChI is InChI=1S/C18H25FO11/c1-8(20)26-13-14(27-9(2)21)16(29-11(4)23)18(25,6-7-19)17(30-12(5)24)15(13)28-10(3)22/h13-17,25H,6-7H2,1-5H3/t13-,14?,15?,16+,17?,18+/m1/s1. The van der Waals surface area contributed by atoms with Gasteiger partial charge in [0, 0.05) is 41.0 Å². The van der Waals surface area contributed by atoms with Crippen LogP contribution in [0.1, 0.15) is 41.0 Å². The van der Waals surface area contributed by atoms with Crippen LogP contribution in [-0.2, 0) is 47.7 Å². The van der Waals surface area contributed by atoms with E-state index >= 15 is 0 Å². The van der Waals surface area contributed by atoms with Crippen molar-refractivity contribution < 1.29 is 57.2 Å². The Labute approximate surface area is 171 Å². The Morgan fingerprint density at radius 2 is 0.967 bits per heavy atom. The summed E-state index contributed by atoms with van der Waals surface area (Å²) in [5.41, 5.74) is -2.50. The number of carbonyl (C=O) groups excluding carboxylic acids is 5. The van der Waals surface area contributed by atoms with Gasteiger partial charge >= 0.3 is 29.8 Å². The molecule has 0 saturated heterocycles. The number of ether oxygens (including phenoxy) is 5. The van der Waals surface area contributed by atoms with Crippen molar-refractivity contribution in [2.45, 2.75) is 77.2 Å². The van der Waals surface area contributed by atoms with Gasteiger partial charge in [-0.1, -0.05) is 0 Å². The zero-order valence-electron chi connectivity index (χ0n) is 17.2. The van der Waals surface area contributed by atoms with Crippen molar-refractivity contribution in [3.63, 3.8) is 0 Å². The summed E-state index contributed by atoms with van der Waals surface area (Å²) >= 11 is 0. The molecule has 12 heteroatoms. The van der Waals surface area contributed by atoms with E-state index in [1.165, 1.54) is 0 Å². The van der Waals surface area contributed by atoms with Crippen LogP contribution in [0.15, 0.2) is 0 Å². The quantitative estimate of drug-likeness (QED) is 0.415. The number of esters is 5. The van der Waals surface area contributed by atoms with E-state index in [9.17, 15) is 33.5 Å². The molecule has 1 rings (SSSR count). The minimum atomic E-state index is -2.50. The van der Waals surface area contributed by atoms with Crippen molar-refractivity contribution in [3.05, 3.63) is 0 Å². The summed E-state index contributed by atoms with van der Waals surface area (Å²) in [6.07, 6.45) is -9.47. The first-order valence-corrected chi connectivity index (χ1v) is 8.97. The molecule has 1 aliphatic rings. The number of hydrogen-bond donors (Lipinski definition) is 1. The lowest BCUT2D eigenvalue weighted by atomic mass is 9.72. The summed E-state index contributed by atoms with van der Waals surface area (Å²) in [7, 11) is 0. The summed E-state index contributed by atoms with van der Waals surface area (Å²) in [5, 5.41) is 11.3. The average molecular weight is 436 g/mol. The zero-order valence-corrected chi connectivity index (χ0v) is 17.2. The molecule has 0 aromatic heterocycles. The van der Waals surface area contributed by atoms with Crippen LogP contribution in [0.25, 0.3) is 0 Å². The summed E-state index contributed by atoms with van der Waals surface area (Å²) in [5.74, 6) is -4.67. The fourth-order valence-electron chi connectivity index (χ4n) is 3.36. The van der Waals surface area contributed by atoms with Gasteiger partial charge in [0.1, 0.15) is 5.60 Å². The monoisotopic (exact) mass is 436 g/mol. The van der Waals surface area contributed by atoms with Crippen LogP contribution < -0.4 is 0 Å². The van der Waals surface area contributed by atoms with Gasteiger partial charge in [-0.3, -0.25) is 28.4 Å². The highest BCUT2D eigenvalue weighted by atomic mass is 19.1. The number of alkyl halides is 1. The molecular weight excluding hydrogens is 411 g/mol. The Hall–Kier alpha value is -2.76. The Kier molecular flexibility index (Phi) is 8.70. The highest BCUT2D eigenvalue weighted by molar-refractivity contribution is 5.70. The third kappa shape index (κ3) is 6.12. The van der Waals surface area contributed by atoms with Gasteiger partial charge in [-0.05, 0) is 0 Å². The molecule has 0 aromatic carbocycles. The van der Waals surface area contributed by atoms with Crippen LogP contribution in [-0.4, -0.2) is 77.7 Å². The Morgan fingerprint density at radius 3 is 1.23 bits per heavy atom. The Bertz CT molecular complexity index is 648. The van der Waals surface area contributed by atoms with Crippen molar-refractivity contribution in [1.29, 1.82) is 0 Å².